The molecular formula is C32H34FN3O4. The minimum atomic E-state index is -1.02. The van der Waals surface area contributed by atoms with Crippen LogP contribution in [0.2, 0.25) is 0 Å². The van der Waals surface area contributed by atoms with Crippen LogP contribution in [0.15, 0.2) is 72.9 Å². The molecule has 40 heavy (non-hydrogen) atoms. The first-order valence-corrected chi connectivity index (χ1v) is 13.6. The molecule has 2 N–H and O–H groups in total. The standard InChI is InChI=1S/C32H34FN3O4/c1-39-28-17-12-21(18-29(28)40-2)31(32(38)35-24-8-4-3-5-9-24)36(25-15-13-23(33)14-16-25)30(37)19-22-20-34-27-11-7-6-10-26(22)27/h6-7,10-18,20,24,31,34H,3-5,8-9,19H2,1-2H3,(H,35,38)/t31-/m1/s1. The fraction of sp³-hybridized carbons (Fsp3) is 0.312. The van der Waals surface area contributed by atoms with Crippen LogP contribution in [0.4, 0.5) is 10.1 Å². The van der Waals surface area contributed by atoms with Crippen LogP contribution in [-0.4, -0.2) is 37.1 Å². The average Bonchev–Trinajstić information content (AvgIpc) is 3.39. The molecule has 3 aromatic carbocycles. The van der Waals surface area contributed by atoms with Crippen molar-refractivity contribution in [3.8, 4) is 11.5 Å². The highest BCUT2D eigenvalue weighted by Gasteiger charge is 2.35. The van der Waals surface area contributed by atoms with E-state index in [0.717, 1.165) is 48.6 Å². The molecule has 1 fully saturated rings. The van der Waals surface area contributed by atoms with Gasteiger partial charge in [0.2, 0.25) is 11.8 Å². The Morgan fingerprint density at radius 3 is 2.42 bits per heavy atom. The summed E-state index contributed by atoms with van der Waals surface area (Å²) in [6.07, 6.45) is 6.89. The van der Waals surface area contributed by atoms with Gasteiger partial charge < -0.3 is 19.8 Å². The van der Waals surface area contributed by atoms with E-state index < -0.39 is 11.9 Å². The zero-order chi connectivity index (χ0) is 28.1. The van der Waals surface area contributed by atoms with Gasteiger partial charge in [-0.15, -0.1) is 0 Å². The van der Waals surface area contributed by atoms with E-state index >= 15 is 0 Å². The van der Waals surface area contributed by atoms with Gasteiger partial charge in [0.15, 0.2) is 11.5 Å². The van der Waals surface area contributed by atoms with Gasteiger partial charge in [0, 0.05) is 28.8 Å². The number of benzene rings is 3. The van der Waals surface area contributed by atoms with Crippen LogP contribution in [0.5, 0.6) is 11.5 Å². The van der Waals surface area contributed by atoms with Crippen LogP contribution in [-0.2, 0) is 16.0 Å². The van der Waals surface area contributed by atoms with Gasteiger partial charge in [0.05, 0.1) is 20.6 Å². The normalized spacial score (nSPS) is 14.5. The Morgan fingerprint density at radius 2 is 1.70 bits per heavy atom. The first-order chi connectivity index (χ1) is 19.5. The molecule has 2 amide bonds. The number of rotatable bonds is 9. The van der Waals surface area contributed by atoms with Crippen molar-refractivity contribution in [3.63, 3.8) is 0 Å². The quantitative estimate of drug-likeness (QED) is 0.268. The van der Waals surface area contributed by atoms with E-state index in [4.69, 9.17) is 9.47 Å². The number of amides is 2. The Bertz CT molecular complexity index is 1480. The van der Waals surface area contributed by atoms with Crippen molar-refractivity contribution < 1.29 is 23.5 Å². The number of carbonyl (C=O) groups is 2. The van der Waals surface area contributed by atoms with Gasteiger partial charge in [0.1, 0.15) is 11.9 Å². The first kappa shape index (κ1) is 27.2. The Balaban J connectivity index is 1.59. The van der Waals surface area contributed by atoms with E-state index in [2.05, 4.69) is 10.3 Å². The number of methoxy groups -OCH3 is 2. The molecular weight excluding hydrogens is 509 g/mol. The number of nitrogens with one attached hydrogen (secondary N) is 2. The van der Waals surface area contributed by atoms with Crippen molar-refractivity contribution in [1.29, 1.82) is 0 Å². The van der Waals surface area contributed by atoms with Crippen molar-refractivity contribution in [2.75, 3.05) is 19.1 Å². The minimum absolute atomic E-state index is 0.0303. The van der Waals surface area contributed by atoms with Crippen LogP contribution in [0.1, 0.15) is 49.3 Å². The van der Waals surface area contributed by atoms with E-state index in [1.165, 1.54) is 36.3 Å². The summed E-state index contributed by atoms with van der Waals surface area (Å²) >= 11 is 0. The Kier molecular flexibility index (Phi) is 8.34. The number of hydrogen-bond donors (Lipinski definition) is 2. The molecule has 1 saturated carbocycles. The average molecular weight is 544 g/mol. The molecule has 4 aromatic rings. The summed E-state index contributed by atoms with van der Waals surface area (Å²) in [5, 5.41) is 4.14. The lowest BCUT2D eigenvalue weighted by Gasteiger charge is -2.34. The number of anilines is 1. The molecule has 1 heterocycles. The van der Waals surface area contributed by atoms with E-state index in [1.54, 1.807) is 25.3 Å². The lowest BCUT2D eigenvalue weighted by Crippen LogP contribution is -2.47. The SMILES string of the molecule is COc1ccc([C@H](C(=O)NC2CCCCC2)N(C(=O)Cc2c[nH]c3ccccc23)c2ccc(F)cc2)cc1OC. The summed E-state index contributed by atoms with van der Waals surface area (Å²) in [6, 6.07) is 17.6. The molecule has 7 nitrogen and oxygen atoms in total. The highest BCUT2D eigenvalue weighted by atomic mass is 19.1. The van der Waals surface area contributed by atoms with Crippen molar-refractivity contribution in [1.82, 2.24) is 10.3 Å². The molecule has 1 aliphatic rings. The number of ether oxygens (including phenoxy) is 2. The number of para-hydroxylation sites is 1. The topological polar surface area (TPSA) is 83.7 Å². The summed E-state index contributed by atoms with van der Waals surface area (Å²) in [5.41, 5.74) is 2.71. The molecule has 5 rings (SSSR count). The Hall–Kier alpha value is -4.33. The van der Waals surface area contributed by atoms with Crippen molar-refractivity contribution >= 4 is 28.4 Å². The summed E-state index contributed by atoms with van der Waals surface area (Å²) in [7, 11) is 3.07. The molecule has 1 atom stereocenters. The smallest absolute Gasteiger partial charge is 0.248 e. The number of carbonyl (C=O) groups excluding carboxylic acids is 2. The second-order valence-electron chi connectivity index (χ2n) is 10.1. The summed E-state index contributed by atoms with van der Waals surface area (Å²) in [6.45, 7) is 0. The Morgan fingerprint density at radius 1 is 0.975 bits per heavy atom. The second-order valence-corrected chi connectivity index (χ2v) is 10.1. The fourth-order valence-electron chi connectivity index (χ4n) is 5.53. The molecule has 0 radical (unpaired) electrons. The van der Waals surface area contributed by atoms with Gasteiger partial charge in [-0.2, -0.15) is 0 Å². The van der Waals surface area contributed by atoms with Gasteiger partial charge in [0.25, 0.3) is 0 Å². The number of halogens is 1. The number of hydrogen-bond acceptors (Lipinski definition) is 4. The zero-order valence-electron chi connectivity index (χ0n) is 22.8. The maximum atomic E-state index is 14.2. The summed E-state index contributed by atoms with van der Waals surface area (Å²) < 4.78 is 24.9. The van der Waals surface area contributed by atoms with Crippen LogP contribution in [0.25, 0.3) is 10.9 Å². The van der Waals surface area contributed by atoms with Crippen molar-refractivity contribution in [3.05, 3.63) is 89.9 Å². The second kappa shape index (κ2) is 12.2. The van der Waals surface area contributed by atoms with E-state index in [0.29, 0.717) is 22.7 Å². The number of nitrogens with zero attached hydrogens (tertiary/aromatic N) is 1. The highest BCUT2D eigenvalue weighted by Crippen LogP contribution is 2.35. The van der Waals surface area contributed by atoms with E-state index in [-0.39, 0.29) is 24.3 Å². The van der Waals surface area contributed by atoms with E-state index in [1.807, 2.05) is 30.5 Å². The third kappa shape index (κ3) is 5.81. The maximum absolute atomic E-state index is 14.2. The molecule has 0 bridgehead atoms. The predicted octanol–water partition coefficient (Wildman–Crippen LogP) is 6.09. The maximum Gasteiger partial charge on any atom is 0.248 e. The molecule has 1 aliphatic carbocycles. The molecule has 208 valence electrons. The molecule has 1 aromatic heterocycles. The zero-order valence-corrected chi connectivity index (χ0v) is 22.8. The van der Waals surface area contributed by atoms with Gasteiger partial charge in [-0.3, -0.25) is 14.5 Å². The minimum Gasteiger partial charge on any atom is -0.493 e. The summed E-state index contributed by atoms with van der Waals surface area (Å²) in [5.74, 6) is -0.0671. The number of fused-ring (bicyclic) bond motifs is 1. The summed E-state index contributed by atoms with van der Waals surface area (Å²) in [4.78, 5) is 33.0. The van der Waals surface area contributed by atoms with Gasteiger partial charge in [-0.25, -0.2) is 4.39 Å². The van der Waals surface area contributed by atoms with Crippen LogP contribution in [0.3, 0.4) is 0 Å². The third-order valence-electron chi connectivity index (χ3n) is 7.57. The lowest BCUT2D eigenvalue weighted by molar-refractivity contribution is -0.127. The van der Waals surface area contributed by atoms with Crippen molar-refractivity contribution in [2.45, 2.75) is 50.6 Å². The van der Waals surface area contributed by atoms with Crippen molar-refractivity contribution in [2.24, 2.45) is 0 Å². The van der Waals surface area contributed by atoms with E-state index in [9.17, 15) is 14.0 Å². The number of aromatic amines is 1. The number of aromatic nitrogens is 1. The predicted molar refractivity (Wildman–Crippen MR) is 153 cm³/mol. The molecule has 0 unspecified atom stereocenters. The fourth-order valence-corrected chi connectivity index (χ4v) is 5.53. The van der Waals surface area contributed by atoms with Gasteiger partial charge >= 0.3 is 0 Å². The lowest BCUT2D eigenvalue weighted by atomic mass is 9.94. The molecule has 0 aliphatic heterocycles. The van der Waals surface area contributed by atoms with Crippen LogP contribution < -0.4 is 19.7 Å². The molecule has 0 saturated heterocycles. The third-order valence-corrected chi connectivity index (χ3v) is 7.57. The highest BCUT2D eigenvalue weighted by molar-refractivity contribution is 6.03. The largest absolute Gasteiger partial charge is 0.493 e. The monoisotopic (exact) mass is 543 g/mol. The molecule has 8 heteroatoms. The van der Waals surface area contributed by atoms with Crippen LogP contribution >= 0.6 is 0 Å². The molecule has 0 spiro atoms. The van der Waals surface area contributed by atoms with Gasteiger partial charge in [-0.05, 0) is 66.4 Å². The number of H-pyrrole nitrogens is 1. The first-order valence-electron chi connectivity index (χ1n) is 13.6. The van der Waals surface area contributed by atoms with Gasteiger partial charge in [-0.1, -0.05) is 43.5 Å². The Labute approximate surface area is 233 Å². The van der Waals surface area contributed by atoms with Crippen LogP contribution in [0, 0.1) is 5.82 Å².